The van der Waals surface area contributed by atoms with Gasteiger partial charge in [-0.05, 0) is 79.8 Å². The predicted octanol–water partition coefficient (Wildman–Crippen LogP) is 6.82. The summed E-state index contributed by atoms with van der Waals surface area (Å²) in [5.74, 6) is 0.0616. The third-order valence-corrected chi connectivity index (χ3v) is 13.4. The van der Waals surface area contributed by atoms with Crippen LogP contribution in [0.3, 0.4) is 0 Å². The van der Waals surface area contributed by atoms with Crippen LogP contribution in [-0.2, 0) is 4.79 Å². The minimum atomic E-state index is -0.449. The molecule has 0 unspecified atom stereocenters. The second-order valence-corrected chi connectivity index (χ2v) is 18.0. The van der Waals surface area contributed by atoms with Crippen molar-refractivity contribution < 1.29 is 23.5 Å². The molecule has 5 aromatic rings. The number of carbonyl (C=O) groups is 3. The number of hydrogen-bond acceptors (Lipinski definition) is 9. The first-order valence-electron chi connectivity index (χ1n) is 20.9. The molecule has 9 rings (SSSR count). The number of ether oxygens (including phenoxy) is 1. The van der Waals surface area contributed by atoms with Crippen LogP contribution in [0.25, 0.3) is 21.8 Å². The molecule has 0 bridgehead atoms. The first-order chi connectivity index (χ1) is 28.8. The number of piperidine rings is 1. The Kier molecular flexibility index (Phi) is 9.97. The normalized spacial score (nSPS) is 23.0. The Bertz CT molecular complexity index is 2540. The average Bonchev–Trinajstić information content (AvgIpc) is 3.89. The molecule has 0 radical (unpaired) electrons. The summed E-state index contributed by atoms with van der Waals surface area (Å²) in [6, 6.07) is 19.7. The number of nitrogens with zero attached hydrogens (tertiary/aromatic N) is 7. The monoisotopic (exact) mass is 811 g/mol. The van der Waals surface area contributed by atoms with Crippen molar-refractivity contribution in [2.24, 2.45) is 16.7 Å². The number of halogens is 1. The zero-order chi connectivity index (χ0) is 41.9. The molecule has 0 spiro atoms. The maximum Gasteiger partial charge on any atom is 0.328 e. The Morgan fingerprint density at radius 1 is 0.967 bits per heavy atom. The highest BCUT2D eigenvalue weighted by atomic mass is 19.1. The minimum Gasteiger partial charge on any atom is -0.488 e. The molecule has 4 amide bonds. The number of benzene rings is 3. The molecular weight excluding hydrogens is 762 g/mol. The van der Waals surface area contributed by atoms with Gasteiger partial charge in [0.1, 0.15) is 23.7 Å². The Balaban J connectivity index is 0.785. The van der Waals surface area contributed by atoms with E-state index in [1.54, 1.807) is 29.3 Å². The molecule has 60 heavy (non-hydrogen) atoms. The van der Waals surface area contributed by atoms with E-state index in [2.05, 4.69) is 63.9 Å². The van der Waals surface area contributed by atoms with E-state index in [4.69, 9.17) is 9.84 Å². The maximum absolute atomic E-state index is 15.8. The van der Waals surface area contributed by atoms with Gasteiger partial charge in [-0.1, -0.05) is 33.8 Å². The number of pyridine rings is 1. The zero-order valence-corrected chi connectivity index (χ0v) is 34.5. The largest absolute Gasteiger partial charge is 0.488 e. The van der Waals surface area contributed by atoms with Gasteiger partial charge >= 0.3 is 6.03 Å². The Labute approximate surface area is 348 Å². The standard InChI is InChI=1S/C46H50FN9O4/c1-45(2)42(46(3,4)43(45)60-38-13-11-30(24-48)40-32(38)7-6-18-49-40)52-41(58)29-10-12-37(34(47)23-29)54-21-14-28(27-54)26-53-19-15-31(16-20-53)56-36-9-5-8-35(33(36)25-50-56)55-22-17-39(57)51-44(55)59/h5-13,18,23,25,28,31,42-43H,14-17,19-22,26-27H2,1-4H3,(H,52,58)(H,51,57,59)/t28-,42?,43?/m1/s1. The second kappa shape index (κ2) is 15.2. The maximum atomic E-state index is 15.8. The van der Waals surface area contributed by atoms with E-state index in [0.717, 1.165) is 74.0 Å². The lowest BCUT2D eigenvalue weighted by atomic mass is 9.49. The molecule has 310 valence electrons. The molecule has 13 nitrogen and oxygen atoms in total. The number of anilines is 2. The molecule has 5 heterocycles. The topological polar surface area (TPSA) is 149 Å². The number of hydrogen-bond donors (Lipinski definition) is 2. The van der Waals surface area contributed by atoms with Crippen LogP contribution >= 0.6 is 0 Å². The quantitative estimate of drug-likeness (QED) is 0.164. The van der Waals surface area contributed by atoms with Crippen LogP contribution in [0.2, 0.25) is 0 Å². The lowest BCUT2D eigenvalue weighted by Crippen LogP contribution is -2.74. The molecule has 1 aliphatic carbocycles. The number of fused-ring (bicyclic) bond motifs is 2. The Morgan fingerprint density at radius 2 is 1.77 bits per heavy atom. The number of likely N-dealkylation sites (tertiary alicyclic amines) is 1. The molecule has 1 saturated carbocycles. The summed E-state index contributed by atoms with van der Waals surface area (Å²) in [5.41, 5.74) is 2.72. The fourth-order valence-electron chi connectivity index (χ4n) is 10.7. The molecule has 2 N–H and O–H groups in total. The van der Waals surface area contributed by atoms with Crippen LogP contribution in [0, 0.1) is 33.9 Å². The second-order valence-electron chi connectivity index (χ2n) is 18.0. The highest BCUT2D eigenvalue weighted by Crippen LogP contribution is 2.56. The van der Waals surface area contributed by atoms with E-state index in [0.29, 0.717) is 35.0 Å². The number of nitriles is 1. The van der Waals surface area contributed by atoms with Gasteiger partial charge in [-0.3, -0.25) is 29.5 Å². The molecular formula is C46H50FN9O4. The van der Waals surface area contributed by atoms with Crippen molar-refractivity contribution in [2.75, 3.05) is 49.1 Å². The predicted molar refractivity (Wildman–Crippen MR) is 226 cm³/mol. The van der Waals surface area contributed by atoms with Crippen molar-refractivity contribution in [3.8, 4) is 11.8 Å². The Hall–Kier alpha value is -6.07. The van der Waals surface area contributed by atoms with Crippen LogP contribution in [0.1, 0.15) is 75.3 Å². The van der Waals surface area contributed by atoms with E-state index in [1.807, 2.05) is 42.6 Å². The van der Waals surface area contributed by atoms with Gasteiger partial charge in [0.15, 0.2) is 0 Å². The van der Waals surface area contributed by atoms with Gasteiger partial charge in [0.2, 0.25) is 5.91 Å². The lowest BCUT2D eigenvalue weighted by molar-refractivity contribution is -0.163. The van der Waals surface area contributed by atoms with E-state index < -0.39 is 22.7 Å². The number of nitrogens with one attached hydrogen (secondary N) is 2. The third-order valence-electron chi connectivity index (χ3n) is 13.4. The van der Waals surface area contributed by atoms with Crippen molar-refractivity contribution >= 4 is 51.0 Å². The zero-order valence-electron chi connectivity index (χ0n) is 34.5. The van der Waals surface area contributed by atoms with Crippen LogP contribution in [0.4, 0.5) is 20.6 Å². The van der Waals surface area contributed by atoms with Crippen molar-refractivity contribution in [3.05, 3.63) is 90.0 Å². The first kappa shape index (κ1) is 39.4. The van der Waals surface area contributed by atoms with Crippen molar-refractivity contribution in [3.63, 3.8) is 0 Å². The number of imide groups is 1. The van der Waals surface area contributed by atoms with Gasteiger partial charge in [-0.15, -0.1) is 0 Å². The number of rotatable bonds is 9. The molecule has 14 heteroatoms. The molecule has 4 fully saturated rings. The molecule has 3 aromatic carbocycles. The highest BCUT2D eigenvalue weighted by Gasteiger charge is 2.64. The van der Waals surface area contributed by atoms with Crippen LogP contribution in [0.15, 0.2) is 73.1 Å². The SMILES string of the molecule is CC1(C)C(NC(=O)c2ccc(N3CC[C@H](CN4CCC(n5ncc6c(N7CCC(=O)NC7=O)cccc65)CC4)C3)c(F)c2)C(C)(C)C1Oc1ccc(C#N)c2ncccc12. The minimum absolute atomic E-state index is 0.235. The van der Waals surface area contributed by atoms with E-state index in [9.17, 15) is 19.6 Å². The van der Waals surface area contributed by atoms with Gasteiger partial charge in [-0.25, -0.2) is 9.18 Å². The van der Waals surface area contributed by atoms with Crippen LogP contribution in [-0.4, -0.2) is 88.9 Å². The summed E-state index contributed by atoms with van der Waals surface area (Å²) in [7, 11) is 0. The summed E-state index contributed by atoms with van der Waals surface area (Å²) in [6.07, 6.45) is 6.37. The fourth-order valence-corrected chi connectivity index (χ4v) is 10.7. The Morgan fingerprint density at radius 3 is 2.52 bits per heavy atom. The van der Waals surface area contributed by atoms with Crippen molar-refractivity contribution in [2.45, 2.75) is 71.6 Å². The lowest BCUT2D eigenvalue weighted by Gasteiger charge is -2.63. The summed E-state index contributed by atoms with van der Waals surface area (Å²) >= 11 is 0. The number of urea groups is 1. The molecule has 4 aliphatic rings. The van der Waals surface area contributed by atoms with E-state index in [1.165, 1.54) is 6.07 Å². The highest BCUT2D eigenvalue weighted by molar-refractivity contribution is 6.09. The van der Waals surface area contributed by atoms with Gasteiger partial charge in [-0.2, -0.15) is 10.4 Å². The molecule has 3 aliphatic heterocycles. The van der Waals surface area contributed by atoms with Crippen LogP contribution < -0.4 is 25.2 Å². The van der Waals surface area contributed by atoms with Gasteiger partial charge in [0.05, 0.1) is 40.2 Å². The number of aromatic nitrogens is 3. The fraction of sp³-hybridized carbons (Fsp3) is 0.435. The summed E-state index contributed by atoms with van der Waals surface area (Å²) < 4.78 is 24.5. The number of carbonyl (C=O) groups excluding carboxylic acids is 3. The first-order valence-corrected chi connectivity index (χ1v) is 20.9. The third kappa shape index (κ3) is 6.88. The van der Waals surface area contributed by atoms with Gasteiger partial charge < -0.3 is 19.9 Å². The van der Waals surface area contributed by atoms with Crippen molar-refractivity contribution in [1.29, 1.82) is 5.26 Å². The average molecular weight is 812 g/mol. The summed E-state index contributed by atoms with van der Waals surface area (Å²) in [5, 5.41) is 21.6. The van der Waals surface area contributed by atoms with Gasteiger partial charge in [0.25, 0.3) is 5.91 Å². The summed E-state index contributed by atoms with van der Waals surface area (Å²) in [4.78, 5) is 48.6. The van der Waals surface area contributed by atoms with E-state index >= 15 is 4.39 Å². The molecule has 3 saturated heterocycles. The smallest absolute Gasteiger partial charge is 0.328 e. The van der Waals surface area contributed by atoms with Crippen molar-refractivity contribution in [1.82, 2.24) is 30.3 Å². The number of amides is 4. The summed E-state index contributed by atoms with van der Waals surface area (Å²) in [6.45, 7) is 12.9. The molecule has 2 aromatic heterocycles. The van der Waals surface area contributed by atoms with Gasteiger partial charge in [0, 0.05) is 85.1 Å². The van der Waals surface area contributed by atoms with E-state index in [-0.39, 0.29) is 42.0 Å². The molecule has 1 atom stereocenters. The van der Waals surface area contributed by atoms with Crippen LogP contribution in [0.5, 0.6) is 5.75 Å².